The zero-order valence-electron chi connectivity index (χ0n) is 25.0. The summed E-state index contributed by atoms with van der Waals surface area (Å²) < 4.78 is 54.2. The molecule has 1 saturated carbocycles. The molecule has 3 heterocycles. The molecule has 10 nitrogen and oxygen atoms in total. The fourth-order valence-electron chi connectivity index (χ4n) is 5.67. The van der Waals surface area contributed by atoms with Crippen LogP contribution in [0.1, 0.15) is 32.3 Å². The van der Waals surface area contributed by atoms with Gasteiger partial charge >= 0.3 is 6.01 Å². The SMILES string of the molecule is CCc1c(F)ccc2cc(OCOC)cc(-c3ncc4c(N5CCOC[C@@](C)(O)C5)nc(OCC5(CO)CC5)nc4c3F)c12. The molecule has 0 amide bonds. The van der Waals surface area contributed by atoms with E-state index in [0.29, 0.717) is 58.4 Å². The molecule has 44 heavy (non-hydrogen) atoms. The molecule has 2 aromatic heterocycles. The van der Waals surface area contributed by atoms with E-state index in [4.69, 9.17) is 18.9 Å². The Bertz CT molecular complexity index is 1700. The second kappa shape index (κ2) is 12.0. The molecule has 234 valence electrons. The van der Waals surface area contributed by atoms with Crippen molar-refractivity contribution in [1.29, 1.82) is 0 Å². The number of rotatable bonds is 10. The molecule has 2 aliphatic rings. The molecule has 1 atom stereocenters. The zero-order chi connectivity index (χ0) is 31.1. The Morgan fingerprint density at radius 3 is 2.68 bits per heavy atom. The Labute approximate surface area is 253 Å². The lowest BCUT2D eigenvalue weighted by molar-refractivity contribution is -0.0123. The highest BCUT2D eigenvalue weighted by Crippen LogP contribution is 2.45. The van der Waals surface area contributed by atoms with Crippen LogP contribution in [0.3, 0.4) is 0 Å². The van der Waals surface area contributed by atoms with Crippen LogP contribution in [0, 0.1) is 17.0 Å². The van der Waals surface area contributed by atoms with E-state index in [1.165, 1.54) is 19.4 Å². The van der Waals surface area contributed by atoms with Gasteiger partial charge in [-0.3, -0.25) is 4.98 Å². The minimum atomic E-state index is -1.18. The number of ether oxygens (including phenoxy) is 4. The number of aryl methyl sites for hydroxylation is 1. The fraction of sp³-hybridized carbons (Fsp3) is 0.469. The highest BCUT2D eigenvalue weighted by molar-refractivity contribution is 6.01. The van der Waals surface area contributed by atoms with Gasteiger partial charge in [-0.15, -0.1) is 0 Å². The lowest BCUT2D eigenvalue weighted by atomic mass is 9.94. The third-order valence-corrected chi connectivity index (χ3v) is 8.29. The van der Waals surface area contributed by atoms with Gasteiger partial charge in [0.05, 0.1) is 38.4 Å². The number of pyridine rings is 1. The maximum atomic E-state index is 16.8. The second-order valence-corrected chi connectivity index (χ2v) is 11.9. The predicted octanol–water partition coefficient (Wildman–Crippen LogP) is 4.41. The monoisotopic (exact) mass is 610 g/mol. The Hall–Kier alpha value is -3.71. The first-order chi connectivity index (χ1) is 21.2. The minimum absolute atomic E-state index is 0.0314. The number of halogens is 2. The summed E-state index contributed by atoms with van der Waals surface area (Å²) >= 11 is 0. The van der Waals surface area contributed by atoms with Crippen molar-refractivity contribution >= 4 is 27.5 Å². The summed E-state index contributed by atoms with van der Waals surface area (Å²) in [6.45, 7) is 4.63. The molecule has 2 fully saturated rings. The number of methoxy groups -OCH3 is 1. The molecular weight excluding hydrogens is 574 g/mol. The molecule has 2 N–H and O–H groups in total. The van der Waals surface area contributed by atoms with Crippen molar-refractivity contribution in [1.82, 2.24) is 15.0 Å². The van der Waals surface area contributed by atoms with Crippen LogP contribution in [0.2, 0.25) is 0 Å². The number of nitrogens with zero attached hydrogens (tertiary/aromatic N) is 4. The van der Waals surface area contributed by atoms with Gasteiger partial charge in [-0.2, -0.15) is 9.97 Å². The summed E-state index contributed by atoms with van der Waals surface area (Å²) in [5.41, 5.74) is -0.855. The molecule has 12 heteroatoms. The van der Waals surface area contributed by atoms with Crippen molar-refractivity contribution in [3.05, 3.63) is 47.7 Å². The van der Waals surface area contributed by atoms with Gasteiger partial charge in [-0.25, -0.2) is 8.78 Å². The lowest BCUT2D eigenvalue weighted by Gasteiger charge is -2.29. The van der Waals surface area contributed by atoms with Crippen molar-refractivity contribution in [2.75, 3.05) is 58.3 Å². The van der Waals surface area contributed by atoms with E-state index >= 15 is 8.78 Å². The number of fused-ring (bicyclic) bond motifs is 2. The molecule has 0 unspecified atom stereocenters. The predicted molar refractivity (Wildman–Crippen MR) is 160 cm³/mol. The number of aliphatic hydroxyl groups excluding tert-OH is 1. The molecule has 0 bridgehead atoms. The van der Waals surface area contributed by atoms with Crippen LogP contribution in [-0.4, -0.2) is 84.2 Å². The summed E-state index contributed by atoms with van der Waals surface area (Å²) in [7, 11) is 1.50. The van der Waals surface area contributed by atoms with Gasteiger partial charge in [0.2, 0.25) is 0 Å². The van der Waals surface area contributed by atoms with Crippen molar-refractivity contribution in [2.45, 2.75) is 38.7 Å². The number of aromatic nitrogens is 3. The van der Waals surface area contributed by atoms with Gasteiger partial charge in [-0.05, 0) is 60.7 Å². The van der Waals surface area contributed by atoms with Gasteiger partial charge in [0.25, 0.3) is 0 Å². The topological polar surface area (TPSA) is 119 Å². The lowest BCUT2D eigenvalue weighted by Crippen LogP contribution is -2.42. The van der Waals surface area contributed by atoms with E-state index in [-0.39, 0.29) is 55.8 Å². The summed E-state index contributed by atoms with van der Waals surface area (Å²) in [6, 6.07) is 6.33. The number of β-amino-alcohol motifs (C(OH)–C–C–N with tert-alkyl or cyclic N) is 1. The van der Waals surface area contributed by atoms with Gasteiger partial charge in [0, 0.05) is 30.8 Å². The first-order valence-corrected chi connectivity index (χ1v) is 14.7. The molecular formula is C32H36F2N4O6. The van der Waals surface area contributed by atoms with Crippen LogP contribution in [0.25, 0.3) is 32.9 Å². The van der Waals surface area contributed by atoms with Crippen molar-refractivity contribution < 1.29 is 37.9 Å². The van der Waals surface area contributed by atoms with Gasteiger partial charge in [-0.1, -0.05) is 13.0 Å². The van der Waals surface area contributed by atoms with Crippen LogP contribution in [0.4, 0.5) is 14.6 Å². The van der Waals surface area contributed by atoms with Crippen LogP contribution in [0.15, 0.2) is 30.5 Å². The normalized spacial score (nSPS) is 19.8. The number of hydrogen-bond acceptors (Lipinski definition) is 10. The molecule has 1 aliphatic heterocycles. The molecule has 1 saturated heterocycles. The zero-order valence-corrected chi connectivity index (χ0v) is 25.0. The molecule has 0 radical (unpaired) electrons. The summed E-state index contributed by atoms with van der Waals surface area (Å²) in [5, 5.41) is 22.2. The van der Waals surface area contributed by atoms with E-state index in [1.807, 2.05) is 11.8 Å². The van der Waals surface area contributed by atoms with Crippen molar-refractivity contribution in [3.63, 3.8) is 0 Å². The number of hydrogen-bond donors (Lipinski definition) is 2. The Morgan fingerprint density at radius 1 is 1.14 bits per heavy atom. The summed E-state index contributed by atoms with van der Waals surface area (Å²) in [4.78, 5) is 15.5. The summed E-state index contributed by atoms with van der Waals surface area (Å²) in [5.74, 6) is -0.401. The van der Waals surface area contributed by atoms with E-state index in [9.17, 15) is 10.2 Å². The average molecular weight is 611 g/mol. The molecule has 1 aliphatic carbocycles. The third kappa shape index (κ3) is 5.86. The van der Waals surface area contributed by atoms with Crippen LogP contribution >= 0.6 is 0 Å². The third-order valence-electron chi connectivity index (χ3n) is 8.29. The minimum Gasteiger partial charge on any atom is -0.468 e. The first-order valence-electron chi connectivity index (χ1n) is 14.7. The Morgan fingerprint density at radius 2 is 1.95 bits per heavy atom. The highest BCUT2D eigenvalue weighted by Gasteiger charge is 2.43. The number of benzene rings is 2. The smallest absolute Gasteiger partial charge is 0.319 e. The van der Waals surface area contributed by atoms with Crippen LogP contribution < -0.4 is 14.4 Å². The van der Waals surface area contributed by atoms with E-state index in [2.05, 4.69) is 15.0 Å². The van der Waals surface area contributed by atoms with Crippen molar-refractivity contribution in [3.8, 4) is 23.0 Å². The summed E-state index contributed by atoms with van der Waals surface area (Å²) in [6.07, 6.45) is 3.48. The first kappa shape index (κ1) is 30.3. The standard InChI is InChI=1S/C32H36F2N4O6/c1-4-21-24(33)6-5-19-11-20(44-18-41-3)12-22(25(19)21)27-26(34)28-23(13-35-27)29(38-9-10-42-16-31(2,40)14-38)37-30(36-28)43-17-32(15-39)7-8-32/h5-6,11-13,39-40H,4,7-10,14-18H2,1-3H3/t31-/m0/s1. The largest absolute Gasteiger partial charge is 0.468 e. The van der Waals surface area contributed by atoms with Gasteiger partial charge < -0.3 is 34.1 Å². The molecule has 6 rings (SSSR count). The van der Waals surface area contributed by atoms with Crippen molar-refractivity contribution in [2.24, 2.45) is 5.41 Å². The fourth-order valence-corrected chi connectivity index (χ4v) is 5.67. The van der Waals surface area contributed by atoms with E-state index in [0.717, 1.165) is 12.8 Å². The van der Waals surface area contributed by atoms with E-state index < -0.39 is 17.2 Å². The highest BCUT2D eigenvalue weighted by atomic mass is 19.1. The molecule has 0 spiro atoms. The molecule has 4 aromatic rings. The van der Waals surface area contributed by atoms with Crippen LogP contribution in [-0.2, 0) is 15.9 Å². The maximum Gasteiger partial charge on any atom is 0.319 e. The second-order valence-electron chi connectivity index (χ2n) is 11.9. The average Bonchev–Trinajstić information content (AvgIpc) is 3.83. The molecule has 2 aromatic carbocycles. The number of anilines is 1. The van der Waals surface area contributed by atoms with E-state index in [1.54, 1.807) is 25.1 Å². The van der Waals surface area contributed by atoms with Gasteiger partial charge in [0.15, 0.2) is 12.6 Å². The number of aliphatic hydroxyl groups is 2. The Balaban J connectivity index is 1.55. The van der Waals surface area contributed by atoms with Gasteiger partial charge in [0.1, 0.15) is 34.2 Å². The van der Waals surface area contributed by atoms with Crippen LogP contribution in [0.5, 0.6) is 11.8 Å². The quantitative estimate of drug-likeness (QED) is 0.250. The Kier molecular flexibility index (Phi) is 8.27. The maximum absolute atomic E-state index is 16.8.